The molecular weight excluding hydrogens is 280 g/mol. The van der Waals surface area contributed by atoms with Gasteiger partial charge in [-0.2, -0.15) is 5.10 Å². The van der Waals surface area contributed by atoms with E-state index < -0.39 is 0 Å². The van der Waals surface area contributed by atoms with E-state index in [-0.39, 0.29) is 24.3 Å². The summed E-state index contributed by atoms with van der Waals surface area (Å²) in [6.07, 6.45) is 4.19. The summed E-state index contributed by atoms with van der Waals surface area (Å²) >= 11 is 0. The zero-order valence-electron chi connectivity index (χ0n) is 12.1. The average molecular weight is 298 g/mol. The summed E-state index contributed by atoms with van der Waals surface area (Å²) in [7, 11) is 0. The first-order valence-corrected chi connectivity index (χ1v) is 7.40. The minimum atomic E-state index is -0.131. The van der Waals surface area contributed by atoms with Crippen molar-refractivity contribution in [2.75, 3.05) is 5.32 Å². The highest BCUT2D eigenvalue weighted by Crippen LogP contribution is 2.25. The fourth-order valence-corrected chi connectivity index (χ4v) is 2.67. The first kappa shape index (κ1) is 14.3. The van der Waals surface area contributed by atoms with Gasteiger partial charge in [-0.05, 0) is 18.4 Å². The van der Waals surface area contributed by atoms with Crippen molar-refractivity contribution in [3.8, 4) is 11.1 Å². The van der Waals surface area contributed by atoms with E-state index in [1.54, 1.807) is 6.20 Å². The minimum absolute atomic E-state index is 0.0237. The number of hydrogen-bond acceptors (Lipinski definition) is 3. The van der Waals surface area contributed by atoms with Gasteiger partial charge in [-0.1, -0.05) is 30.3 Å². The molecule has 0 radical (unpaired) electrons. The van der Waals surface area contributed by atoms with Crippen molar-refractivity contribution in [1.82, 2.24) is 15.5 Å². The van der Waals surface area contributed by atoms with Crippen molar-refractivity contribution < 1.29 is 9.59 Å². The summed E-state index contributed by atoms with van der Waals surface area (Å²) in [5.74, 6) is 0.475. The summed E-state index contributed by atoms with van der Waals surface area (Å²) in [5.41, 5.74) is 1.83. The van der Waals surface area contributed by atoms with Gasteiger partial charge < -0.3 is 10.6 Å². The molecule has 1 aliphatic rings. The Labute approximate surface area is 128 Å². The lowest BCUT2D eigenvalue weighted by Crippen LogP contribution is -2.40. The molecular formula is C16H18N4O2. The second-order valence-corrected chi connectivity index (χ2v) is 5.43. The first-order chi connectivity index (χ1) is 10.7. The van der Waals surface area contributed by atoms with Crippen LogP contribution in [-0.2, 0) is 9.59 Å². The standard InChI is InChI=1S/C16H18N4O2/c21-14-8-4-7-12(18-14)9-15(22)19-16-13(10-17-20-16)11-5-2-1-3-6-11/h1-3,5-6,10,12H,4,7-9H2,(H,18,21)(H2,17,19,20,22). The molecule has 2 amide bonds. The van der Waals surface area contributed by atoms with E-state index in [1.165, 1.54) is 0 Å². The van der Waals surface area contributed by atoms with E-state index in [9.17, 15) is 9.59 Å². The second kappa shape index (κ2) is 6.43. The molecule has 3 N–H and O–H groups in total. The van der Waals surface area contributed by atoms with Crippen molar-refractivity contribution in [3.63, 3.8) is 0 Å². The lowest BCUT2D eigenvalue weighted by Gasteiger charge is -2.22. The molecule has 2 heterocycles. The molecule has 1 aliphatic heterocycles. The third-order valence-corrected chi connectivity index (χ3v) is 3.74. The van der Waals surface area contributed by atoms with Crippen molar-refractivity contribution in [3.05, 3.63) is 36.5 Å². The van der Waals surface area contributed by atoms with Gasteiger partial charge in [-0.15, -0.1) is 0 Å². The fourth-order valence-electron chi connectivity index (χ4n) is 2.67. The highest BCUT2D eigenvalue weighted by atomic mass is 16.2. The number of piperidine rings is 1. The molecule has 0 aliphatic carbocycles. The molecule has 22 heavy (non-hydrogen) atoms. The van der Waals surface area contributed by atoms with Crippen LogP contribution in [0, 0.1) is 0 Å². The third kappa shape index (κ3) is 3.33. The third-order valence-electron chi connectivity index (χ3n) is 3.74. The number of H-pyrrole nitrogens is 1. The first-order valence-electron chi connectivity index (χ1n) is 7.40. The van der Waals surface area contributed by atoms with Gasteiger partial charge in [0.2, 0.25) is 11.8 Å². The molecule has 0 spiro atoms. The predicted molar refractivity (Wildman–Crippen MR) is 83.1 cm³/mol. The van der Waals surface area contributed by atoms with Crippen LogP contribution in [0.5, 0.6) is 0 Å². The number of rotatable bonds is 4. The number of anilines is 1. The van der Waals surface area contributed by atoms with E-state index in [2.05, 4.69) is 20.8 Å². The van der Waals surface area contributed by atoms with Crippen LogP contribution >= 0.6 is 0 Å². The zero-order valence-corrected chi connectivity index (χ0v) is 12.1. The lowest BCUT2D eigenvalue weighted by molar-refractivity contribution is -0.124. The van der Waals surface area contributed by atoms with Crippen LogP contribution in [0.1, 0.15) is 25.7 Å². The van der Waals surface area contributed by atoms with Crippen LogP contribution in [0.3, 0.4) is 0 Å². The van der Waals surface area contributed by atoms with E-state index in [0.717, 1.165) is 24.0 Å². The maximum absolute atomic E-state index is 12.2. The molecule has 1 atom stereocenters. The molecule has 1 fully saturated rings. The molecule has 3 rings (SSSR count). The van der Waals surface area contributed by atoms with Crippen molar-refractivity contribution in [2.45, 2.75) is 31.7 Å². The summed E-state index contributed by atoms with van der Waals surface area (Å²) in [5, 5.41) is 12.5. The van der Waals surface area contributed by atoms with Crippen molar-refractivity contribution >= 4 is 17.6 Å². The number of benzene rings is 1. The average Bonchev–Trinajstić information content (AvgIpc) is 2.96. The van der Waals surface area contributed by atoms with E-state index >= 15 is 0 Å². The number of nitrogens with zero attached hydrogens (tertiary/aromatic N) is 1. The number of carbonyl (C=O) groups excluding carboxylic acids is 2. The number of aromatic nitrogens is 2. The largest absolute Gasteiger partial charge is 0.353 e. The highest BCUT2D eigenvalue weighted by Gasteiger charge is 2.21. The van der Waals surface area contributed by atoms with Crippen LogP contribution in [-0.4, -0.2) is 28.1 Å². The zero-order chi connectivity index (χ0) is 15.4. The van der Waals surface area contributed by atoms with Gasteiger partial charge in [-0.3, -0.25) is 14.7 Å². The summed E-state index contributed by atoms with van der Waals surface area (Å²) in [4.78, 5) is 23.5. The minimum Gasteiger partial charge on any atom is -0.353 e. The molecule has 1 unspecified atom stereocenters. The molecule has 2 aromatic rings. The normalized spacial score (nSPS) is 17.8. The van der Waals surface area contributed by atoms with Crippen LogP contribution in [0.15, 0.2) is 36.5 Å². The van der Waals surface area contributed by atoms with E-state index in [0.29, 0.717) is 12.2 Å². The number of aromatic amines is 1. The topological polar surface area (TPSA) is 86.9 Å². The summed E-state index contributed by atoms with van der Waals surface area (Å²) < 4.78 is 0. The molecule has 0 bridgehead atoms. The van der Waals surface area contributed by atoms with Crippen LogP contribution in [0.2, 0.25) is 0 Å². The van der Waals surface area contributed by atoms with Crippen molar-refractivity contribution in [1.29, 1.82) is 0 Å². The van der Waals surface area contributed by atoms with Gasteiger partial charge in [-0.25, -0.2) is 0 Å². The van der Waals surface area contributed by atoms with E-state index in [1.807, 2.05) is 30.3 Å². The Morgan fingerprint density at radius 3 is 2.91 bits per heavy atom. The predicted octanol–water partition coefficient (Wildman–Crippen LogP) is 2.07. The quantitative estimate of drug-likeness (QED) is 0.807. The SMILES string of the molecule is O=C(CC1CCCC(=O)N1)Nc1[nH]ncc1-c1ccccc1. The van der Waals surface area contributed by atoms with Crippen LogP contribution in [0.4, 0.5) is 5.82 Å². The highest BCUT2D eigenvalue weighted by molar-refractivity contribution is 5.94. The fraction of sp³-hybridized carbons (Fsp3) is 0.312. The Bertz CT molecular complexity index is 666. The van der Waals surface area contributed by atoms with Gasteiger partial charge >= 0.3 is 0 Å². The Morgan fingerprint density at radius 1 is 1.32 bits per heavy atom. The van der Waals surface area contributed by atoms with Gasteiger partial charge in [0.15, 0.2) is 0 Å². The Balaban J connectivity index is 1.65. The van der Waals surface area contributed by atoms with Crippen LogP contribution < -0.4 is 10.6 Å². The number of amides is 2. The monoisotopic (exact) mass is 298 g/mol. The molecule has 0 saturated carbocycles. The molecule has 114 valence electrons. The van der Waals surface area contributed by atoms with Gasteiger partial charge in [0, 0.05) is 24.4 Å². The molecule has 1 aromatic heterocycles. The molecule has 6 heteroatoms. The maximum Gasteiger partial charge on any atom is 0.227 e. The number of hydrogen-bond donors (Lipinski definition) is 3. The molecule has 1 saturated heterocycles. The van der Waals surface area contributed by atoms with Crippen molar-refractivity contribution in [2.24, 2.45) is 0 Å². The van der Waals surface area contributed by atoms with Gasteiger partial charge in [0.1, 0.15) is 5.82 Å². The second-order valence-electron chi connectivity index (χ2n) is 5.43. The Kier molecular flexibility index (Phi) is 4.18. The smallest absolute Gasteiger partial charge is 0.227 e. The Hall–Kier alpha value is -2.63. The lowest BCUT2D eigenvalue weighted by atomic mass is 10.0. The number of carbonyl (C=O) groups is 2. The summed E-state index contributed by atoms with van der Waals surface area (Å²) in [6, 6.07) is 9.65. The molecule has 1 aromatic carbocycles. The van der Waals surface area contributed by atoms with Gasteiger partial charge in [0.25, 0.3) is 0 Å². The Morgan fingerprint density at radius 2 is 2.14 bits per heavy atom. The van der Waals surface area contributed by atoms with Gasteiger partial charge in [0.05, 0.1) is 6.20 Å². The molecule has 6 nitrogen and oxygen atoms in total. The number of nitrogens with one attached hydrogen (secondary N) is 3. The summed E-state index contributed by atoms with van der Waals surface area (Å²) in [6.45, 7) is 0. The van der Waals surface area contributed by atoms with Crippen LogP contribution in [0.25, 0.3) is 11.1 Å². The van der Waals surface area contributed by atoms with E-state index in [4.69, 9.17) is 0 Å². The maximum atomic E-state index is 12.2.